The van der Waals surface area contributed by atoms with E-state index < -0.39 is 0 Å². The summed E-state index contributed by atoms with van der Waals surface area (Å²) in [6.07, 6.45) is 4.64. The minimum Gasteiger partial charge on any atom is -0.316 e. The zero-order chi connectivity index (χ0) is 13.8. The Morgan fingerprint density at radius 3 is 2.68 bits per heavy atom. The van der Waals surface area contributed by atoms with E-state index in [1.165, 1.54) is 0 Å². The van der Waals surface area contributed by atoms with Crippen molar-refractivity contribution >= 4 is 5.78 Å². The third-order valence-corrected chi connectivity index (χ3v) is 4.36. The molecule has 106 valence electrons. The maximum absolute atomic E-state index is 12.2. The van der Waals surface area contributed by atoms with Gasteiger partial charge in [-0.3, -0.25) is 9.48 Å². The minimum atomic E-state index is 0.152. The van der Waals surface area contributed by atoms with Gasteiger partial charge in [-0.05, 0) is 37.9 Å². The van der Waals surface area contributed by atoms with Crippen LogP contribution in [0.25, 0.3) is 0 Å². The van der Waals surface area contributed by atoms with Crippen LogP contribution in [0, 0.1) is 11.8 Å². The molecule has 1 aromatic rings. The molecule has 0 spiro atoms. The maximum atomic E-state index is 12.2. The largest absolute Gasteiger partial charge is 0.316 e. The van der Waals surface area contributed by atoms with Gasteiger partial charge < -0.3 is 5.32 Å². The Hall–Kier alpha value is -1.16. The average molecular weight is 263 g/mol. The van der Waals surface area contributed by atoms with Crippen LogP contribution in [0.2, 0.25) is 0 Å². The van der Waals surface area contributed by atoms with Gasteiger partial charge in [-0.25, -0.2) is 0 Å². The first-order valence-corrected chi connectivity index (χ1v) is 7.43. The zero-order valence-electron chi connectivity index (χ0n) is 12.2. The van der Waals surface area contributed by atoms with Crippen molar-refractivity contribution in [1.82, 2.24) is 15.1 Å². The molecule has 0 radical (unpaired) electrons. The third-order valence-electron chi connectivity index (χ3n) is 4.36. The molecule has 1 fully saturated rings. The SMILES string of the molecule is CCC(CC)n1ccc(CC(=O)C(C)C2CNC2)n1. The molecule has 0 saturated carbocycles. The number of carbonyl (C=O) groups excluding carboxylic acids is 1. The molecule has 2 rings (SSSR count). The van der Waals surface area contributed by atoms with Crippen LogP contribution in [-0.2, 0) is 11.2 Å². The normalized spacial score (nSPS) is 17.5. The molecule has 1 aromatic heterocycles. The van der Waals surface area contributed by atoms with E-state index in [2.05, 4.69) is 24.3 Å². The minimum absolute atomic E-state index is 0.152. The third kappa shape index (κ3) is 3.24. The van der Waals surface area contributed by atoms with Gasteiger partial charge in [0.25, 0.3) is 0 Å². The van der Waals surface area contributed by atoms with Crippen LogP contribution in [0.5, 0.6) is 0 Å². The van der Waals surface area contributed by atoms with E-state index in [1.807, 2.05) is 23.9 Å². The highest BCUT2D eigenvalue weighted by Gasteiger charge is 2.28. The second-order valence-corrected chi connectivity index (χ2v) is 5.61. The Bertz CT molecular complexity index is 419. The lowest BCUT2D eigenvalue weighted by atomic mass is 9.84. The topological polar surface area (TPSA) is 46.9 Å². The Morgan fingerprint density at radius 2 is 2.16 bits per heavy atom. The number of nitrogens with zero attached hydrogens (tertiary/aromatic N) is 2. The number of Topliss-reactive ketones (excluding diaryl/α,β-unsaturated/α-hetero) is 1. The Morgan fingerprint density at radius 1 is 1.47 bits per heavy atom. The van der Waals surface area contributed by atoms with Crippen LogP contribution < -0.4 is 5.32 Å². The smallest absolute Gasteiger partial charge is 0.142 e. The van der Waals surface area contributed by atoms with Crippen molar-refractivity contribution in [1.29, 1.82) is 0 Å². The predicted molar refractivity (Wildman–Crippen MR) is 76.1 cm³/mol. The summed E-state index contributed by atoms with van der Waals surface area (Å²) in [5, 5.41) is 7.78. The lowest BCUT2D eigenvalue weighted by molar-refractivity contribution is -0.123. The lowest BCUT2D eigenvalue weighted by Crippen LogP contribution is -2.47. The summed E-state index contributed by atoms with van der Waals surface area (Å²) in [5.41, 5.74) is 0.913. The molecule has 1 N–H and O–H groups in total. The van der Waals surface area contributed by atoms with Crippen molar-refractivity contribution in [3.63, 3.8) is 0 Å². The van der Waals surface area contributed by atoms with Gasteiger partial charge in [0.2, 0.25) is 0 Å². The van der Waals surface area contributed by atoms with Gasteiger partial charge in [-0.1, -0.05) is 20.8 Å². The highest BCUT2D eigenvalue weighted by Crippen LogP contribution is 2.19. The molecule has 1 aliphatic rings. The summed E-state index contributed by atoms with van der Waals surface area (Å²) >= 11 is 0. The lowest BCUT2D eigenvalue weighted by Gasteiger charge is -2.31. The summed E-state index contributed by atoms with van der Waals surface area (Å²) in [6.45, 7) is 8.36. The fraction of sp³-hybridized carbons (Fsp3) is 0.733. The second kappa shape index (κ2) is 6.33. The van der Waals surface area contributed by atoms with E-state index in [-0.39, 0.29) is 5.92 Å². The summed E-state index contributed by atoms with van der Waals surface area (Å²) in [7, 11) is 0. The molecule has 19 heavy (non-hydrogen) atoms. The number of carbonyl (C=O) groups is 1. The van der Waals surface area contributed by atoms with Gasteiger partial charge in [0.1, 0.15) is 5.78 Å². The first kappa shape index (κ1) is 14.3. The molecule has 0 aliphatic carbocycles. The fourth-order valence-corrected chi connectivity index (χ4v) is 2.60. The number of ketones is 1. The number of nitrogens with one attached hydrogen (secondary N) is 1. The first-order chi connectivity index (χ1) is 9.15. The summed E-state index contributed by atoms with van der Waals surface area (Å²) in [6, 6.07) is 2.44. The predicted octanol–water partition coefficient (Wildman–Crippen LogP) is 2.21. The summed E-state index contributed by atoms with van der Waals surface area (Å²) < 4.78 is 2.01. The molecular formula is C15H25N3O. The molecular weight excluding hydrogens is 238 g/mol. The van der Waals surface area contributed by atoms with Crippen LogP contribution in [0.1, 0.15) is 45.3 Å². The molecule has 0 aromatic carbocycles. The van der Waals surface area contributed by atoms with Crippen LogP contribution in [0.3, 0.4) is 0 Å². The van der Waals surface area contributed by atoms with Gasteiger partial charge in [0, 0.05) is 12.1 Å². The van der Waals surface area contributed by atoms with Crippen molar-refractivity contribution in [3.05, 3.63) is 18.0 Å². The highest BCUT2D eigenvalue weighted by atomic mass is 16.1. The molecule has 0 bridgehead atoms. The first-order valence-electron chi connectivity index (χ1n) is 7.43. The summed E-state index contributed by atoms with van der Waals surface area (Å²) in [5.74, 6) is 0.995. The van der Waals surface area contributed by atoms with Crippen LogP contribution in [0.4, 0.5) is 0 Å². The van der Waals surface area contributed by atoms with E-state index >= 15 is 0 Å². The van der Waals surface area contributed by atoms with Crippen molar-refractivity contribution in [2.24, 2.45) is 11.8 Å². The van der Waals surface area contributed by atoms with Crippen molar-refractivity contribution < 1.29 is 4.79 Å². The Balaban J connectivity index is 1.93. The standard InChI is InChI=1S/C15H25N3O/c1-4-14(5-2)18-7-6-13(17-18)8-15(19)11(3)12-9-16-10-12/h6-7,11-12,14,16H,4-5,8-10H2,1-3H3. The summed E-state index contributed by atoms with van der Waals surface area (Å²) in [4.78, 5) is 12.2. The number of hydrogen-bond donors (Lipinski definition) is 1. The second-order valence-electron chi connectivity index (χ2n) is 5.61. The molecule has 1 aliphatic heterocycles. The number of rotatable bonds is 7. The molecule has 1 saturated heterocycles. The van der Waals surface area contributed by atoms with Crippen molar-refractivity contribution in [2.75, 3.05) is 13.1 Å². The highest BCUT2D eigenvalue weighted by molar-refractivity contribution is 5.83. The van der Waals surface area contributed by atoms with Crippen LogP contribution in [0.15, 0.2) is 12.3 Å². The monoisotopic (exact) mass is 263 g/mol. The molecule has 1 atom stereocenters. The van der Waals surface area contributed by atoms with E-state index in [4.69, 9.17) is 0 Å². The van der Waals surface area contributed by atoms with Gasteiger partial charge >= 0.3 is 0 Å². The number of aromatic nitrogens is 2. The maximum Gasteiger partial charge on any atom is 0.142 e. The van der Waals surface area contributed by atoms with Crippen molar-refractivity contribution in [2.45, 2.75) is 46.1 Å². The van der Waals surface area contributed by atoms with Gasteiger partial charge in [0.15, 0.2) is 0 Å². The molecule has 4 nitrogen and oxygen atoms in total. The molecule has 1 unspecified atom stereocenters. The fourth-order valence-electron chi connectivity index (χ4n) is 2.60. The Kier molecular flexibility index (Phi) is 4.75. The van der Waals surface area contributed by atoms with Gasteiger partial charge in [-0.2, -0.15) is 5.10 Å². The van der Waals surface area contributed by atoms with E-state index in [0.717, 1.165) is 31.6 Å². The zero-order valence-corrected chi connectivity index (χ0v) is 12.2. The van der Waals surface area contributed by atoms with Gasteiger partial charge in [-0.15, -0.1) is 0 Å². The van der Waals surface area contributed by atoms with Crippen LogP contribution in [-0.4, -0.2) is 28.7 Å². The number of hydrogen-bond acceptors (Lipinski definition) is 3. The quantitative estimate of drug-likeness (QED) is 0.820. The van der Waals surface area contributed by atoms with Gasteiger partial charge in [0.05, 0.1) is 18.2 Å². The van der Waals surface area contributed by atoms with E-state index in [1.54, 1.807) is 0 Å². The molecule has 4 heteroatoms. The average Bonchev–Trinajstić information content (AvgIpc) is 2.77. The van der Waals surface area contributed by atoms with Crippen molar-refractivity contribution in [3.8, 4) is 0 Å². The molecule has 0 amide bonds. The van der Waals surface area contributed by atoms with E-state index in [9.17, 15) is 4.79 Å². The molecule has 2 heterocycles. The van der Waals surface area contributed by atoms with E-state index in [0.29, 0.717) is 24.2 Å². The van der Waals surface area contributed by atoms with Crippen LogP contribution >= 0.6 is 0 Å². The Labute approximate surface area is 115 Å².